The van der Waals surface area contributed by atoms with Crippen LogP contribution in [0.2, 0.25) is 0 Å². The number of likely N-dealkylation sites (tertiary alicyclic amines) is 1. The fourth-order valence-corrected chi connectivity index (χ4v) is 2.52. The molecule has 124 valence electrons. The van der Waals surface area contributed by atoms with Crippen LogP contribution in [-0.4, -0.2) is 46.9 Å². The van der Waals surface area contributed by atoms with Crippen molar-refractivity contribution in [3.8, 4) is 0 Å². The average molecular weight is 326 g/mol. The highest BCUT2D eigenvalue weighted by Gasteiger charge is 2.33. The maximum atomic E-state index is 13.3. The lowest BCUT2D eigenvalue weighted by Crippen LogP contribution is -2.52. The summed E-state index contributed by atoms with van der Waals surface area (Å²) in [5.41, 5.74) is -0.0539. The van der Waals surface area contributed by atoms with Crippen LogP contribution in [0.5, 0.6) is 0 Å². The normalized spacial score (nSPS) is 17.7. The van der Waals surface area contributed by atoms with Gasteiger partial charge in [0.05, 0.1) is 0 Å². The highest BCUT2D eigenvalue weighted by molar-refractivity contribution is 5.98. The number of hydrogen-bond acceptors (Lipinski definition) is 3. The topological polar surface area (TPSA) is 86.7 Å². The molecule has 2 rings (SSSR count). The Hall–Kier alpha value is -2.51. The summed E-state index contributed by atoms with van der Waals surface area (Å²) in [6.45, 7) is -0.245. The van der Waals surface area contributed by atoms with E-state index in [-0.39, 0.29) is 5.56 Å². The second-order valence-electron chi connectivity index (χ2n) is 5.25. The molecule has 23 heavy (non-hydrogen) atoms. The zero-order chi connectivity index (χ0) is 17.0. The Morgan fingerprint density at radius 1 is 1.22 bits per heavy atom. The Bertz CT molecular complexity index is 636. The first-order chi connectivity index (χ1) is 10.9. The Morgan fingerprint density at radius 2 is 1.96 bits per heavy atom. The number of carbonyl (C=O) groups excluding carboxylic acids is 2. The molecule has 2 N–H and O–H groups in total. The SMILES string of the molecule is O=C(O)CNC(=O)C1CCCCN1C(=O)c1ccc(F)c(F)c1. The monoisotopic (exact) mass is 326 g/mol. The van der Waals surface area contributed by atoms with Crippen LogP contribution >= 0.6 is 0 Å². The molecule has 2 amide bonds. The molecule has 0 spiro atoms. The maximum absolute atomic E-state index is 13.3. The summed E-state index contributed by atoms with van der Waals surface area (Å²) in [4.78, 5) is 36.3. The van der Waals surface area contributed by atoms with E-state index in [0.717, 1.165) is 18.2 Å². The number of carboxylic acids is 1. The fourth-order valence-electron chi connectivity index (χ4n) is 2.52. The van der Waals surface area contributed by atoms with Gasteiger partial charge in [0, 0.05) is 12.1 Å². The van der Waals surface area contributed by atoms with Crippen molar-refractivity contribution in [2.45, 2.75) is 25.3 Å². The zero-order valence-corrected chi connectivity index (χ0v) is 12.2. The van der Waals surface area contributed by atoms with Crippen molar-refractivity contribution < 1.29 is 28.3 Å². The second kappa shape index (κ2) is 7.17. The number of nitrogens with zero attached hydrogens (tertiary/aromatic N) is 1. The molecule has 0 aromatic heterocycles. The fraction of sp³-hybridized carbons (Fsp3) is 0.400. The van der Waals surface area contributed by atoms with Crippen LogP contribution in [0.15, 0.2) is 18.2 Å². The van der Waals surface area contributed by atoms with E-state index in [1.807, 2.05) is 0 Å². The first kappa shape index (κ1) is 16.9. The van der Waals surface area contributed by atoms with Crippen molar-refractivity contribution in [2.75, 3.05) is 13.1 Å². The Balaban J connectivity index is 2.16. The summed E-state index contributed by atoms with van der Waals surface area (Å²) in [5.74, 6) is -4.54. The van der Waals surface area contributed by atoms with Crippen molar-refractivity contribution in [2.24, 2.45) is 0 Å². The number of benzene rings is 1. The molecule has 0 saturated carbocycles. The third kappa shape index (κ3) is 4.02. The molecular weight excluding hydrogens is 310 g/mol. The van der Waals surface area contributed by atoms with Gasteiger partial charge in [-0.3, -0.25) is 14.4 Å². The Kier molecular flexibility index (Phi) is 5.25. The van der Waals surface area contributed by atoms with Crippen LogP contribution in [0.3, 0.4) is 0 Å². The summed E-state index contributed by atoms with van der Waals surface area (Å²) < 4.78 is 26.2. The largest absolute Gasteiger partial charge is 0.480 e. The zero-order valence-electron chi connectivity index (χ0n) is 12.2. The minimum Gasteiger partial charge on any atom is -0.480 e. The van der Waals surface area contributed by atoms with E-state index < -0.39 is 42.0 Å². The number of hydrogen-bond donors (Lipinski definition) is 2. The van der Waals surface area contributed by atoms with E-state index in [2.05, 4.69) is 5.32 Å². The summed E-state index contributed by atoms with van der Waals surface area (Å²) in [7, 11) is 0. The number of piperidine rings is 1. The molecule has 1 aliphatic heterocycles. The molecule has 1 fully saturated rings. The maximum Gasteiger partial charge on any atom is 0.322 e. The van der Waals surface area contributed by atoms with E-state index in [4.69, 9.17) is 5.11 Å². The summed E-state index contributed by atoms with van der Waals surface area (Å²) in [5, 5.41) is 10.8. The first-order valence-corrected chi connectivity index (χ1v) is 7.15. The van der Waals surface area contributed by atoms with Gasteiger partial charge in [-0.15, -0.1) is 0 Å². The predicted molar refractivity (Wildman–Crippen MR) is 75.7 cm³/mol. The standard InChI is InChI=1S/C15H16F2N2O4/c16-10-5-4-9(7-11(10)17)15(23)19-6-2-1-3-12(19)14(22)18-8-13(20)21/h4-5,7,12H,1-3,6,8H2,(H,18,22)(H,20,21). The molecule has 0 aliphatic carbocycles. The van der Waals surface area contributed by atoms with Gasteiger partial charge in [-0.1, -0.05) is 0 Å². The van der Waals surface area contributed by atoms with Crippen LogP contribution in [0.1, 0.15) is 29.6 Å². The van der Waals surface area contributed by atoms with Gasteiger partial charge in [0.2, 0.25) is 5.91 Å². The number of amides is 2. The van der Waals surface area contributed by atoms with Crippen molar-refractivity contribution >= 4 is 17.8 Å². The van der Waals surface area contributed by atoms with Crippen LogP contribution in [0.25, 0.3) is 0 Å². The second-order valence-corrected chi connectivity index (χ2v) is 5.25. The number of halogens is 2. The summed E-state index contributed by atoms with van der Waals surface area (Å²) in [6, 6.07) is 1.98. The molecule has 1 aliphatic rings. The predicted octanol–water partition coefficient (Wildman–Crippen LogP) is 1.16. The van der Waals surface area contributed by atoms with Crippen LogP contribution in [-0.2, 0) is 9.59 Å². The lowest BCUT2D eigenvalue weighted by atomic mass is 10.00. The molecule has 0 radical (unpaired) electrons. The molecule has 1 aromatic carbocycles. The minimum absolute atomic E-state index is 0.0539. The minimum atomic E-state index is -1.19. The van der Waals surface area contributed by atoms with Crippen LogP contribution < -0.4 is 5.32 Å². The third-order valence-corrected chi connectivity index (χ3v) is 3.65. The van der Waals surface area contributed by atoms with Crippen molar-refractivity contribution in [3.63, 3.8) is 0 Å². The molecular formula is C15H16F2N2O4. The molecule has 1 unspecified atom stereocenters. The van der Waals surface area contributed by atoms with E-state index in [1.54, 1.807) is 0 Å². The quantitative estimate of drug-likeness (QED) is 0.869. The lowest BCUT2D eigenvalue weighted by molar-refractivity contribution is -0.138. The number of aliphatic carboxylic acids is 1. The third-order valence-electron chi connectivity index (χ3n) is 3.65. The van der Waals surface area contributed by atoms with Crippen molar-refractivity contribution in [1.82, 2.24) is 10.2 Å². The number of carbonyl (C=O) groups is 3. The molecule has 1 saturated heterocycles. The van der Waals surface area contributed by atoms with Crippen LogP contribution in [0.4, 0.5) is 8.78 Å². The first-order valence-electron chi connectivity index (χ1n) is 7.15. The molecule has 6 nitrogen and oxygen atoms in total. The van der Waals surface area contributed by atoms with Gasteiger partial charge in [0.15, 0.2) is 11.6 Å². The average Bonchev–Trinajstić information content (AvgIpc) is 2.54. The molecule has 0 bridgehead atoms. The summed E-state index contributed by atoms with van der Waals surface area (Å²) >= 11 is 0. The van der Waals surface area contributed by atoms with Gasteiger partial charge in [-0.25, -0.2) is 8.78 Å². The molecule has 1 aromatic rings. The van der Waals surface area contributed by atoms with Gasteiger partial charge >= 0.3 is 5.97 Å². The summed E-state index contributed by atoms with van der Waals surface area (Å²) in [6.07, 6.45) is 1.78. The van der Waals surface area contributed by atoms with Gasteiger partial charge in [-0.05, 0) is 37.5 Å². The molecule has 8 heteroatoms. The molecule has 1 heterocycles. The number of rotatable bonds is 4. The highest BCUT2D eigenvalue weighted by Crippen LogP contribution is 2.21. The Labute approximate surface area is 131 Å². The highest BCUT2D eigenvalue weighted by atomic mass is 19.2. The number of nitrogens with one attached hydrogen (secondary N) is 1. The smallest absolute Gasteiger partial charge is 0.322 e. The van der Waals surface area contributed by atoms with Gasteiger partial charge in [0.25, 0.3) is 5.91 Å². The number of carboxylic acid groups (broad SMARTS) is 1. The van der Waals surface area contributed by atoms with Crippen LogP contribution in [0, 0.1) is 11.6 Å². The lowest BCUT2D eigenvalue weighted by Gasteiger charge is -2.34. The van der Waals surface area contributed by atoms with E-state index in [1.165, 1.54) is 4.90 Å². The molecule has 1 atom stereocenters. The Morgan fingerprint density at radius 3 is 2.61 bits per heavy atom. The van der Waals surface area contributed by atoms with Gasteiger partial charge in [-0.2, -0.15) is 0 Å². The van der Waals surface area contributed by atoms with Crippen molar-refractivity contribution in [3.05, 3.63) is 35.4 Å². The van der Waals surface area contributed by atoms with Gasteiger partial charge in [0.1, 0.15) is 12.6 Å². The van der Waals surface area contributed by atoms with Gasteiger partial charge < -0.3 is 15.3 Å². The van der Waals surface area contributed by atoms with E-state index >= 15 is 0 Å². The van der Waals surface area contributed by atoms with Crippen molar-refractivity contribution in [1.29, 1.82) is 0 Å². The van der Waals surface area contributed by atoms with E-state index in [9.17, 15) is 23.2 Å². The van der Waals surface area contributed by atoms with E-state index in [0.29, 0.717) is 25.8 Å².